The van der Waals surface area contributed by atoms with Crippen molar-refractivity contribution in [3.05, 3.63) is 27.9 Å². The Bertz CT molecular complexity index is 604. The minimum Gasteiger partial charge on any atom is -0.481 e. The van der Waals surface area contributed by atoms with E-state index in [9.17, 15) is 14.9 Å². The standard InChI is InChI=1S/C12H12N4O4/c1-7(12(17)18)9-5-15(6-9)11-8(3-13)2-10(4-14-11)16(19)20/h2,4,7,9H,5-6H2,1H3,(H,17,18). The number of hydrogen-bond acceptors (Lipinski definition) is 6. The van der Waals surface area contributed by atoms with Gasteiger partial charge in [0, 0.05) is 25.1 Å². The molecule has 0 aromatic carbocycles. The van der Waals surface area contributed by atoms with Crippen LogP contribution >= 0.6 is 0 Å². The van der Waals surface area contributed by atoms with Gasteiger partial charge in [-0.25, -0.2) is 4.98 Å². The SMILES string of the molecule is CC(C(=O)O)C1CN(c2ncc([N+](=O)[O-])cc2C#N)C1. The fourth-order valence-corrected chi connectivity index (χ4v) is 2.08. The molecular formula is C12H12N4O4. The second kappa shape index (κ2) is 5.13. The lowest BCUT2D eigenvalue weighted by Gasteiger charge is -2.42. The van der Waals surface area contributed by atoms with E-state index in [1.165, 1.54) is 6.07 Å². The van der Waals surface area contributed by atoms with Gasteiger partial charge in [0.25, 0.3) is 5.69 Å². The average Bonchev–Trinajstić information content (AvgIpc) is 2.36. The third-order valence-corrected chi connectivity index (χ3v) is 3.49. The molecule has 8 heteroatoms. The van der Waals surface area contributed by atoms with Crippen LogP contribution < -0.4 is 4.90 Å². The van der Waals surface area contributed by atoms with Crippen LogP contribution in [0.4, 0.5) is 11.5 Å². The molecule has 0 spiro atoms. The smallest absolute Gasteiger partial charge is 0.306 e. The third-order valence-electron chi connectivity index (χ3n) is 3.49. The molecule has 0 bridgehead atoms. The molecule has 0 saturated carbocycles. The summed E-state index contributed by atoms with van der Waals surface area (Å²) in [5.74, 6) is -0.954. The van der Waals surface area contributed by atoms with Gasteiger partial charge >= 0.3 is 5.97 Å². The highest BCUT2D eigenvalue weighted by atomic mass is 16.6. The van der Waals surface area contributed by atoms with E-state index < -0.39 is 16.8 Å². The van der Waals surface area contributed by atoms with Crippen LogP contribution in [0.1, 0.15) is 12.5 Å². The zero-order chi connectivity index (χ0) is 14.9. The number of hydrogen-bond donors (Lipinski definition) is 1. The average molecular weight is 276 g/mol. The highest BCUT2D eigenvalue weighted by Crippen LogP contribution is 2.31. The highest BCUT2D eigenvalue weighted by molar-refractivity contribution is 5.71. The Balaban J connectivity index is 2.14. The van der Waals surface area contributed by atoms with E-state index in [0.717, 1.165) is 6.20 Å². The number of anilines is 1. The van der Waals surface area contributed by atoms with Crippen molar-refractivity contribution in [2.24, 2.45) is 11.8 Å². The van der Waals surface area contributed by atoms with Gasteiger partial charge in [0.2, 0.25) is 0 Å². The highest BCUT2D eigenvalue weighted by Gasteiger charge is 2.36. The lowest BCUT2D eigenvalue weighted by molar-refractivity contribution is -0.385. The number of nitro groups is 1. The molecule has 0 radical (unpaired) electrons. The van der Waals surface area contributed by atoms with Gasteiger partial charge in [-0.05, 0) is 0 Å². The number of aliphatic carboxylic acids is 1. The molecule has 2 heterocycles. The molecule has 1 aliphatic heterocycles. The van der Waals surface area contributed by atoms with E-state index in [2.05, 4.69) is 4.98 Å². The van der Waals surface area contributed by atoms with E-state index in [4.69, 9.17) is 10.4 Å². The molecule has 1 fully saturated rings. The number of carboxylic acids is 1. The van der Waals surface area contributed by atoms with Gasteiger partial charge in [-0.1, -0.05) is 6.92 Å². The molecule has 1 saturated heterocycles. The van der Waals surface area contributed by atoms with Crippen molar-refractivity contribution in [1.29, 1.82) is 5.26 Å². The number of nitriles is 1. The molecular weight excluding hydrogens is 264 g/mol. The monoisotopic (exact) mass is 276 g/mol. The summed E-state index contributed by atoms with van der Waals surface area (Å²) >= 11 is 0. The summed E-state index contributed by atoms with van der Waals surface area (Å²) in [6.07, 6.45) is 1.10. The quantitative estimate of drug-likeness (QED) is 0.643. The Morgan fingerprint density at radius 3 is 2.85 bits per heavy atom. The van der Waals surface area contributed by atoms with Gasteiger partial charge in [0.15, 0.2) is 0 Å². The maximum atomic E-state index is 10.9. The summed E-state index contributed by atoms with van der Waals surface area (Å²) < 4.78 is 0. The largest absolute Gasteiger partial charge is 0.481 e. The molecule has 104 valence electrons. The molecule has 2 rings (SSSR count). The molecule has 1 atom stereocenters. The first-order valence-corrected chi connectivity index (χ1v) is 5.96. The van der Waals surface area contributed by atoms with E-state index in [1.54, 1.807) is 11.8 Å². The molecule has 20 heavy (non-hydrogen) atoms. The van der Waals surface area contributed by atoms with E-state index in [1.807, 2.05) is 6.07 Å². The summed E-state index contributed by atoms with van der Waals surface area (Å²) in [5, 5.41) is 28.6. The topological polar surface area (TPSA) is 120 Å². The summed E-state index contributed by atoms with van der Waals surface area (Å²) in [7, 11) is 0. The fourth-order valence-electron chi connectivity index (χ4n) is 2.08. The van der Waals surface area contributed by atoms with Crippen LogP contribution in [0, 0.1) is 33.3 Å². The molecule has 1 aliphatic rings. The number of rotatable bonds is 4. The number of nitrogens with zero attached hydrogens (tertiary/aromatic N) is 4. The normalized spacial score (nSPS) is 16.1. The Morgan fingerprint density at radius 1 is 1.70 bits per heavy atom. The summed E-state index contributed by atoms with van der Waals surface area (Å²) in [6.45, 7) is 2.60. The molecule has 1 N–H and O–H groups in total. The summed E-state index contributed by atoms with van der Waals surface area (Å²) in [4.78, 5) is 26.6. The summed E-state index contributed by atoms with van der Waals surface area (Å²) in [6, 6.07) is 3.06. The van der Waals surface area contributed by atoms with Crippen LogP contribution in [0.3, 0.4) is 0 Å². The van der Waals surface area contributed by atoms with E-state index >= 15 is 0 Å². The van der Waals surface area contributed by atoms with Crippen LogP contribution in [0.2, 0.25) is 0 Å². The van der Waals surface area contributed by atoms with E-state index in [-0.39, 0.29) is 17.2 Å². The van der Waals surface area contributed by atoms with E-state index in [0.29, 0.717) is 18.9 Å². The predicted octanol–water partition coefficient (Wildman–Crippen LogP) is 1.02. The minimum atomic E-state index is -0.855. The zero-order valence-electron chi connectivity index (χ0n) is 10.7. The molecule has 1 aromatic heterocycles. The first kappa shape index (κ1) is 13.7. The number of aromatic nitrogens is 1. The first-order chi connectivity index (χ1) is 9.43. The zero-order valence-corrected chi connectivity index (χ0v) is 10.7. The third kappa shape index (κ3) is 2.38. The number of carbonyl (C=O) groups is 1. The second-order valence-corrected chi connectivity index (χ2v) is 4.73. The van der Waals surface area contributed by atoms with Crippen molar-refractivity contribution in [3.8, 4) is 6.07 Å². The number of pyridine rings is 1. The van der Waals surface area contributed by atoms with Gasteiger partial charge in [0.05, 0.1) is 10.8 Å². The molecule has 0 amide bonds. The van der Waals surface area contributed by atoms with Gasteiger partial charge in [-0.15, -0.1) is 0 Å². The van der Waals surface area contributed by atoms with Crippen molar-refractivity contribution >= 4 is 17.5 Å². The van der Waals surface area contributed by atoms with Crippen molar-refractivity contribution in [3.63, 3.8) is 0 Å². The Hall–Kier alpha value is -2.69. The van der Waals surface area contributed by atoms with Crippen LogP contribution in [0.5, 0.6) is 0 Å². The van der Waals surface area contributed by atoms with Gasteiger partial charge < -0.3 is 10.0 Å². The minimum absolute atomic E-state index is 0.00367. The molecule has 1 unspecified atom stereocenters. The van der Waals surface area contributed by atoms with Crippen LogP contribution in [0.15, 0.2) is 12.3 Å². The maximum Gasteiger partial charge on any atom is 0.306 e. The first-order valence-electron chi connectivity index (χ1n) is 5.96. The number of carboxylic acid groups (broad SMARTS) is 1. The van der Waals surface area contributed by atoms with Gasteiger partial charge in [-0.2, -0.15) is 5.26 Å². The molecule has 1 aromatic rings. The van der Waals surface area contributed by atoms with Crippen molar-refractivity contribution in [1.82, 2.24) is 4.98 Å². The van der Waals surface area contributed by atoms with Crippen LogP contribution in [0.25, 0.3) is 0 Å². The van der Waals surface area contributed by atoms with Crippen LogP contribution in [-0.4, -0.2) is 34.1 Å². The van der Waals surface area contributed by atoms with Crippen molar-refractivity contribution < 1.29 is 14.8 Å². The van der Waals surface area contributed by atoms with Gasteiger partial charge in [0.1, 0.15) is 23.6 Å². The Labute approximate surface area is 114 Å². The predicted molar refractivity (Wildman–Crippen MR) is 68.1 cm³/mol. The van der Waals surface area contributed by atoms with Crippen molar-refractivity contribution in [2.75, 3.05) is 18.0 Å². The summed E-state index contributed by atoms with van der Waals surface area (Å²) in [5.41, 5.74) is -0.109. The van der Waals surface area contributed by atoms with Gasteiger partial charge in [-0.3, -0.25) is 14.9 Å². The Kier molecular flexibility index (Phi) is 3.52. The molecule has 0 aliphatic carbocycles. The second-order valence-electron chi connectivity index (χ2n) is 4.73. The van der Waals surface area contributed by atoms with Crippen molar-refractivity contribution in [2.45, 2.75) is 6.92 Å². The lowest BCUT2D eigenvalue weighted by atomic mass is 9.87. The maximum absolute atomic E-state index is 10.9. The molecule has 8 nitrogen and oxygen atoms in total. The fraction of sp³-hybridized carbons (Fsp3) is 0.417. The van der Waals surface area contributed by atoms with Crippen LogP contribution in [-0.2, 0) is 4.79 Å². The Morgan fingerprint density at radius 2 is 2.35 bits per heavy atom. The lowest BCUT2D eigenvalue weighted by Crippen LogP contribution is -2.51.